The fourth-order valence-electron chi connectivity index (χ4n) is 2.17. The molecule has 0 radical (unpaired) electrons. The van der Waals surface area contributed by atoms with Gasteiger partial charge in [0.25, 0.3) is 0 Å². The lowest BCUT2D eigenvalue weighted by Gasteiger charge is -2.13. The molecule has 0 aliphatic carbocycles. The SMILES string of the molecule is Cc1ccccc1C(O)Cc1c(C)nn(C)c1Cl. The second-order valence-electron chi connectivity index (χ2n) is 4.55. The van der Waals surface area contributed by atoms with Gasteiger partial charge in [0, 0.05) is 19.0 Å². The fraction of sp³-hybridized carbons (Fsp3) is 0.357. The first-order chi connectivity index (χ1) is 8.50. The predicted molar refractivity (Wildman–Crippen MR) is 72.8 cm³/mol. The summed E-state index contributed by atoms with van der Waals surface area (Å²) >= 11 is 6.17. The molecule has 3 nitrogen and oxygen atoms in total. The van der Waals surface area contributed by atoms with Crippen LogP contribution in [0.4, 0.5) is 0 Å². The van der Waals surface area contributed by atoms with E-state index in [4.69, 9.17) is 11.6 Å². The van der Waals surface area contributed by atoms with Gasteiger partial charge in [-0.2, -0.15) is 5.10 Å². The number of hydrogen-bond donors (Lipinski definition) is 1. The normalized spacial score (nSPS) is 12.7. The number of aromatic nitrogens is 2. The molecule has 1 heterocycles. The van der Waals surface area contributed by atoms with Crippen LogP contribution in [0.5, 0.6) is 0 Å². The van der Waals surface area contributed by atoms with E-state index in [0.717, 1.165) is 22.4 Å². The van der Waals surface area contributed by atoms with Crippen molar-refractivity contribution in [2.75, 3.05) is 0 Å². The zero-order valence-corrected chi connectivity index (χ0v) is 11.6. The number of aliphatic hydroxyl groups is 1. The third kappa shape index (κ3) is 2.42. The van der Waals surface area contributed by atoms with Crippen LogP contribution in [0.1, 0.15) is 28.5 Å². The number of aliphatic hydroxyl groups excluding tert-OH is 1. The second-order valence-corrected chi connectivity index (χ2v) is 4.91. The number of aryl methyl sites for hydroxylation is 3. The van der Waals surface area contributed by atoms with Gasteiger partial charge in [-0.25, -0.2) is 0 Å². The maximum absolute atomic E-state index is 10.3. The van der Waals surface area contributed by atoms with E-state index in [1.807, 2.05) is 38.1 Å². The molecular weight excluding hydrogens is 248 g/mol. The van der Waals surface area contributed by atoms with Gasteiger partial charge in [0.05, 0.1) is 11.8 Å². The summed E-state index contributed by atoms with van der Waals surface area (Å²) in [4.78, 5) is 0. The predicted octanol–water partition coefficient (Wildman–Crippen LogP) is 2.97. The first kappa shape index (κ1) is 13.1. The lowest BCUT2D eigenvalue weighted by molar-refractivity contribution is 0.177. The Morgan fingerprint density at radius 3 is 2.56 bits per heavy atom. The number of benzene rings is 1. The Balaban J connectivity index is 2.27. The van der Waals surface area contributed by atoms with Crippen molar-refractivity contribution in [3.05, 3.63) is 51.8 Å². The molecule has 96 valence electrons. The molecule has 1 unspecified atom stereocenters. The highest BCUT2D eigenvalue weighted by molar-refractivity contribution is 6.30. The van der Waals surface area contributed by atoms with E-state index in [1.54, 1.807) is 11.7 Å². The molecule has 0 fully saturated rings. The molecule has 0 saturated carbocycles. The molecule has 1 aromatic carbocycles. The summed E-state index contributed by atoms with van der Waals surface area (Å²) in [5, 5.41) is 15.2. The van der Waals surface area contributed by atoms with Gasteiger partial charge in [-0.15, -0.1) is 0 Å². The van der Waals surface area contributed by atoms with E-state index in [-0.39, 0.29) is 0 Å². The van der Waals surface area contributed by atoms with Crippen LogP contribution >= 0.6 is 11.6 Å². The third-order valence-corrected chi connectivity index (χ3v) is 3.69. The van der Waals surface area contributed by atoms with Crippen molar-refractivity contribution in [1.29, 1.82) is 0 Å². The average molecular weight is 265 g/mol. The Labute approximate surface area is 112 Å². The Hall–Kier alpha value is -1.32. The van der Waals surface area contributed by atoms with Gasteiger partial charge in [0.2, 0.25) is 0 Å². The highest BCUT2D eigenvalue weighted by Gasteiger charge is 2.17. The maximum atomic E-state index is 10.3. The van der Waals surface area contributed by atoms with E-state index in [2.05, 4.69) is 5.10 Å². The second kappa shape index (κ2) is 5.12. The van der Waals surface area contributed by atoms with Gasteiger partial charge in [0.1, 0.15) is 5.15 Å². The molecule has 0 spiro atoms. The van der Waals surface area contributed by atoms with Gasteiger partial charge >= 0.3 is 0 Å². The van der Waals surface area contributed by atoms with Gasteiger partial charge < -0.3 is 5.11 Å². The van der Waals surface area contributed by atoms with Crippen molar-refractivity contribution in [2.45, 2.75) is 26.4 Å². The molecule has 0 aliphatic rings. The zero-order chi connectivity index (χ0) is 13.3. The van der Waals surface area contributed by atoms with Crippen LogP contribution in [0.3, 0.4) is 0 Å². The van der Waals surface area contributed by atoms with Crippen molar-refractivity contribution in [3.63, 3.8) is 0 Å². The van der Waals surface area contributed by atoms with Crippen molar-refractivity contribution in [1.82, 2.24) is 9.78 Å². The van der Waals surface area contributed by atoms with Crippen LogP contribution in [0, 0.1) is 13.8 Å². The minimum absolute atomic E-state index is 0.489. The van der Waals surface area contributed by atoms with Crippen molar-refractivity contribution in [3.8, 4) is 0 Å². The van der Waals surface area contributed by atoms with Crippen LogP contribution in [-0.4, -0.2) is 14.9 Å². The number of halogens is 1. The highest BCUT2D eigenvalue weighted by atomic mass is 35.5. The molecule has 18 heavy (non-hydrogen) atoms. The maximum Gasteiger partial charge on any atom is 0.130 e. The summed E-state index contributed by atoms with van der Waals surface area (Å²) in [6, 6.07) is 7.84. The van der Waals surface area contributed by atoms with Crippen LogP contribution in [-0.2, 0) is 13.5 Å². The first-order valence-corrected chi connectivity index (χ1v) is 6.30. The van der Waals surface area contributed by atoms with Crippen LogP contribution in [0.2, 0.25) is 5.15 Å². The molecule has 0 bridgehead atoms. The number of hydrogen-bond acceptors (Lipinski definition) is 2. The monoisotopic (exact) mass is 264 g/mol. The van der Waals surface area contributed by atoms with E-state index in [0.29, 0.717) is 11.6 Å². The molecule has 1 aromatic heterocycles. The van der Waals surface area contributed by atoms with E-state index < -0.39 is 6.10 Å². The van der Waals surface area contributed by atoms with Crippen molar-refractivity contribution < 1.29 is 5.11 Å². The molecule has 0 aliphatic heterocycles. The van der Waals surface area contributed by atoms with E-state index in [9.17, 15) is 5.11 Å². The van der Waals surface area contributed by atoms with Crippen LogP contribution in [0.25, 0.3) is 0 Å². The molecule has 2 aromatic rings. The summed E-state index contributed by atoms with van der Waals surface area (Å²) in [5.41, 5.74) is 3.81. The largest absolute Gasteiger partial charge is 0.388 e. The Bertz CT molecular complexity index is 563. The molecule has 0 saturated heterocycles. The minimum Gasteiger partial charge on any atom is -0.388 e. The summed E-state index contributed by atoms with van der Waals surface area (Å²) in [5.74, 6) is 0. The molecule has 2 rings (SSSR count). The third-order valence-electron chi connectivity index (χ3n) is 3.21. The number of nitrogens with zero attached hydrogens (tertiary/aromatic N) is 2. The first-order valence-electron chi connectivity index (χ1n) is 5.92. The zero-order valence-electron chi connectivity index (χ0n) is 10.8. The van der Waals surface area contributed by atoms with E-state index >= 15 is 0 Å². The van der Waals surface area contributed by atoms with Crippen LogP contribution in [0.15, 0.2) is 24.3 Å². The van der Waals surface area contributed by atoms with Gasteiger partial charge in [-0.3, -0.25) is 4.68 Å². The fourth-order valence-corrected chi connectivity index (χ4v) is 2.42. The Morgan fingerprint density at radius 2 is 2.00 bits per heavy atom. The Morgan fingerprint density at radius 1 is 1.33 bits per heavy atom. The molecule has 4 heteroatoms. The van der Waals surface area contributed by atoms with Crippen LogP contribution < -0.4 is 0 Å². The average Bonchev–Trinajstić information content (AvgIpc) is 2.56. The molecular formula is C14H17ClN2O. The minimum atomic E-state index is -0.549. The summed E-state index contributed by atoms with van der Waals surface area (Å²) in [6.07, 6.45) is -0.0600. The van der Waals surface area contributed by atoms with Gasteiger partial charge in [0.15, 0.2) is 0 Å². The van der Waals surface area contributed by atoms with Gasteiger partial charge in [-0.05, 0) is 25.0 Å². The topological polar surface area (TPSA) is 38.1 Å². The highest BCUT2D eigenvalue weighted by Crippen LogP contribution is 2.27. The molecule has 1 N–H and O–H groups in total. The van der Waals surface area contributed by atoms with Crippen molar-refractivity contribution in [2.24, 2.45) is 7.05 Å². The smallest absolute Gasteiger partial charge is 0.130 e. The van der Waals surface area contributed by atoms with E-state index in [1.165, 1.54) is 0 Å². The quantitative estimate of drug-likeness (QED) is 0.926. The number of rotatable bonds is 3. The molecule has 0 amide bonds. The lowest BCUT2D eigenvalue weighted by Crippen LogP contribution is -2.04. The summed E-state index contributed by atoms with van der Waals surface area (Å²) in [6.45, 7) is 3.90. The van der Waals surface area contributed by atoms with Crippen molar-refractivity contribution >= 4 is 11.6 Å². The Kier molecular flexibility index (Phi) is 3.73. The standard InChI is InChI=1S/C14H17ClN2O/c1-9-6-4-5-7-11(9)13(18)8-12-10(2)16-17(3)14(12)15/h4-7,13,18H,8H2,1-3H3. The van der Waals surface area contributed by atoms with Gasteiger partial charge in [-0.1, -0.05) is 35.9 Å². The summed E-state index contributed by atoms with van der Waals surface area (Å²) < 4.78 is 1.64. The summed E-state index contributed by atoms with van der Waals surface area (Å²) in [7, 11) is 1.80. The lowest BCUT2D eigenvalue weighted by atomic mass is 9.98. The molecule has 1 atom stereocenters.